The molecule has 0 spiro atoms. The summed E-state index contributed by atoms with van der Waals surface area (Å²) < 4.78 is 0.698. The molecule has 0 bridgehead atoms. The summed E-state index contributed by atoms with van der Waals surface area (Å²) in [6.45, 7) is 1.26. The number of nitrogens with one attached hydrogen (secondary N) is 1. The Morgan fingerprint density at radius 1 is 1.10 bits per heavy atom. The maximum atomic E-state index is 13.1. The van der Waals surface area contributed by atoms with Gasteiger partial charge in [-0.05, 0) is 54.7 Å². The minimum Gasteiger partial charge on any atom is -0.508 e. The molecule has 156 valence electrons. The molecule has 1 fully saturated rings. The Hall–Kier alpha value is -3.02. The smallest absolute Gasteiger partial charge is 0.286 e. The van der Waals surface area contributed by atoms with Crippen molar-refractivity contribution in [2.24, 2.45) is 0 Å². The molecule has 2 aromatic rings. The van der Waals surface area contributed by atoms with E-state index in [0.29, 0.717) is 15.7 Å². The molecular weight excluding hydrogens is 506 g/mol. The summed E-state index contributed by atoms with van der Waals surface area (Å²) >= 11 is 9.45. The molecule has 0 radical (unpaired) electrons. The number of fused-ring (bicyclic) bond motifs is 1. The lowest BCUT2D eigenvalue weighted by molar-refractivity contribution is -0.125. The Kier molecular flexibility index (Phi) is 5.42. The number of carbonyl (C=O) groups is 4. The number of rotatable bonds is 2. The fraction of sp³-hybridized carbons (Fsp3) is 0.0500. The number of phenolic OH excluding ortho intramolecular Hbond substituents is 1. The number of thiocarbonyl (C=S) groups is 1. The second-order valence-corrected chi connectivity index (χ2v) is 9.08. The average molecular weight is 518 g/mol. The molecule has 0 aromatic heterocycles. The van der Waals surface area contributed by atoms with Crippen LogP contribution in [0, 0.1) is 0 Å². The van der Waals surface area contributed by atoms with E-state index in [1.165, 1.54) is 31.2 Å². The quantitative estimate of drug-likeness (QED) is 0.465. The first-order valence-corrected chi connectivity index (χ1v) is 10.8. The van der Waals surface area contributed by atoms with Gasteiger partial charge in [0.1, 0.15) is 5.75 Å². The summed E-state index contributed by atoms with van der Waals surface area (Å²) in [6, 6.07) is 10.4. The van der Waals surface area contributed by atoms with Crippen molar-refractivity contribution in [1.82, 2.24) is 10.4 Å². The van der Waals surface area contributed by atoms with Crippen molar-refractivity contribution in [2.75, 3.05) is 4.90 Å². The number of halogens is 1. The summed E-state index contributed by atoms with van der Waals surface area (Å²) in [5.41, 5.74) is 3.45. The first-order valence-electron chi connectivity index (χ1n) is 8.74. The molecule has 2 aromatic carbocycles. The third-order valence-corrected chi connectivity index (χ3v) is 6.41. The predicted octanol–water partition coefficient (Wildman–Crippen LogP) is 2.96. The van der Waals surface area contributed by atoms with Crippen molar-refractivity contribution in [1.29, 1.82) is 0 Å². The zero-order chi connectivity index (χ0) is 22.4. The summed E-state index contributed by atoms with van der Waals surface area (Å²) in [5.74, 6) is -2.42. The van der Waals surface area contributed by atoms with Gasteiger partial charge in [0.2, 0.25) is 5.91 Å². The van der Waals surface area contributed by atoms with Crippen molar-refractivity contribution < 1.29 is 24.3 Å². The zero-order valence-corrected chi connectivity index (χ0v) is 18.9. The number of aromatic hydroxyl groups is 1. The van der Waals surface area contributed by atoms with Gasteiger partial charge in [0.25, 0.3) is 17.7 Å². The van der Waals surface area contributed by atoms with E-state index in [2.05, 4.69) is 21.4 Å². The van der Waals surface area contributed by atoms with Gasteiger partial charge in [-0.15, -0.1) is 0 Å². The van der Waals surface area contributed by atoms with Gasteiger partial charge in [-0.25, -0.2) is 4.90 Å². The highest BCUT2D eigenvalue weighted by Gasteiger charge is 2.44. The van der Waals surface area contributed by atoms with E-state index in [-0.39, 0.29) is 26.1 Å². The Morgan fingerprint density at radius 3 is 2.42 bits per heavy atom. The number of carbonyl (C=O) groups excluding carboxylic acids is 4. The number of nitrogens with zero attached hydrogens (tertiary/aromatic N) is 2. The van der Waals surface area contributed by atoms with Crippen LogP contribution in [0.2, 0.25) is 0 Å². The van der Waals surface area contributed by atoms with Crippen LogP contribution in [0.4, 0.5) is 5.69 Å². The molecule has 2 heterocycles. The van der Waals surface area contributed by atoms with Gasteiger partial charge in [0.15, 0.2) is 4.32 Å². The largest absolute Gasteiger partial charge is 0.508 e. The van der Waals surface area contributed by atoms with Crippen LogP contribution >= 0.6 is 39.9 Å². The molecular formula is C20H12BrN3O5S2. The van der Waals surface area contributed by atoms with E-state index >= 15 is 0 Å². The maximum Gasteiger partial charge on any atom is 0.286 e. The lowest BCUT2D eigenvalue weighted by Gasteiger charge is -2.15. The molecule has 8 nitrogen and oxygen atoms in total. The molecule has 0 unspecified atom stereocenters. The van der Waals surface area contributed by atoms with Crippen molar-refractivity contribution >= 4 is 79.1 Å². The van der Waals surface area contributed by atoms with Gasteiger partial charge < -0.3 is 5.11 Å². The first-order chi connectivity index (χ1) is 14.7. The highest BCUT2D eigenvalue weighted by molar-refractivity contribution is 9.10. The van der Waals surface area contributed by atoms with E-state index < -0.39 is 23.6 Å². The predicted molar refractivity (Wildman–Crippen MR) is 122 cm³/mol. The molecule has 0 saturated carbocycles. The average Bonchev–Trinajstić information content (AvgIpc) is 3.15. The third-order valence-electron chi connectivity index (χ3n) is 4.54. The lowest BCUT2D eigenvalue weighted by Crippen LogP contribution is -2.45. The monoisotopic (exact) mass is 517 g/mol. The van der Waals surface area contributed by atoms with E-state index in [1.807, 2.05) is 0 Å². The summed E-state index contributed by atoms with van der Waals surface area (Å²) in [4.78, 5) is 51.7. The molecule has 0 aliphatic carbocycles. The summed E-state index contributed by atoms with van der Waals surface area (Å²) in [7, 11) is 0. The second-order valence-electron chi connectivity index (χ2n) is 6.52. The molecule has 2 N–H and O–H groups in total. The van der Waals surface area contributed by atoms with E-state index in [9.17, 15) is 24.3 Å². The van der Waals surface area contributed by atoms with Crippen LogP contribution in [-0.2, 0) is 14.4 Å². The number of thioether (sulfide) groups is 1. The van der Waals surface area contributed by atoms with Crippen LogP contribution in [0.3, 0.4) is 0 Å². The molecule has 11 heteroatoms. The Labute approximate surface area is 194 Å². The van der Waals surface area contributed by atoms with Gasteiger partial charge in [-0.2, -0.15) is 5.01 Å². The summed E-state index contributed by atoms with van der Waals surface area (Å²) in [6.07, 6.45) is 0. The highest BCUT2D eigenvalue weighted by atomic mass is 79.9. The molecule has 2 aliphatic rings. The third kappa shape index (κ3) is 3.64. The fourth-order valence-corrected chi connectivity index (χ4v) is 4.78. The SMILES string of the molecule is CC(=O)N1C(=O)/C(=C2\SC(=S)N(NC(=O)c3ccc(O)cc3)C2=O)c2cc(Br)ccc21. The molecule has 0 atom stereocenters. The van der Waals surface area contributed by atoms with Crippen LogP contribution in [0.25, 0.3) is 5.57 Å². The van der Waals surface area contributed by atoms with Gasteiger partial charge in [0.05, 0.1) is 16.2 Å². The van der Waals surface area contributed by atoms with E-state index in [4.69, 9.17) is 12.2 Å². The van der Waals surface area contributed by atoms with Crippen molar-refractivity contribution in [3.63, 3.8) is 0 Å². The van der Waals surface area contributed by atoms with Gasteiger partial charge >= 0.3 is 0 Å². The van der Waals surface area contributed by atoms with Crippen molar-refractivity contribution in [3.05, 3.63) is 63.0 Å². The normalized spacial score (nSPS) is 17.9. The van der Waals surface area contributed by atoms with Crippen molar-refractivity contribution in [3.8, 4) is 5.75 Å². The lowest BCUT2D eigenvalue weighted by atomic mass is 10.1. The number of hydrazine groups is 1. The van der Waals surface area contributed by atoms with Gasteiger partial charge in [0, 0.05) is 22.5 Å². The van der Waals surface area contributed by atoms with Gasteiger partial charge in [-0.3, -0.25) is 24.6 Å². The molecule has 4 amide bonds. The van der Waals surface area contributed by atoms with Gasteiger partial charge in [-0.1, -0.05) is 27.7 Å². The number of anilines is 1. The number of hydrogen-bond acceptors (Lipinski definition) is 7. The van der Waals surface area contributed by atoms with Crippen LogP contribution in [0.5, 0.6) is 5.75 Å². The fourth-order valence-electron chi connectivity index (χ4n) is 3.17. The zero-order valence-electron chi connectivity index (χ0n) is 15.7. The molecule has 4 rings (SSSR count). The van der Waals surface area contributed by atoms with E-state index in [0.717, 1.165) is 21.7 Å². The Balaban J connectivity index is 1.72. The summed E-state index contributed by atoms with van der Waals surface area (Å²) in [5, 5.41) is 10.2. The molecule has 1 saturated heterocycles. The van der Waals surface area contributed by atoms with Crippen LogP contribution in [0.15, 0.2) is 51.8 Å². The number of amides is 4. The second kappa shape index (κ2) is 7.91. The molecule has 2 aliphatic heterocycles. The topological polar surface area (TPSA) is 107 Å². The Morgan fingerprint density at radius 2 is 1.77 bits per heavy atom. The van der Waals surface area contributed by atoms with E-state index in [1.54, 1.807) is 18.2 Å². The Bertz CT molecular complexity index is 1230. The highest BCUT2D eigenvalue weighted by Crippen LogP contribution is 2.45. The van der Waals surface area contributed by atoms with Crippen LogP contribution in [-0.4, -0.2) is 38.1 Å². The van der Waals surface area contributed by atoms with Crippen molar-refractivity contribution in [2.45, 2.75) is 6.92 Å². The van der Waals surface area contributed by atoms with Crippen LogP contribution in [0.1, 0.15) is 22.8 Å². The number of hydrogen-bond donors (Lipinski definition) is 2. The first kappa shape index (κ1) is 21.2. The maximum absolute atomic E-state index is 13.1. The van der Waals surface area contributed by atoms with Crippen LogP contribution < -0.4 is 10.3 Å². The standard InChI is InChI=1S/C20H12BrN3O5S2/c1-9(25)23-14-7-4-11(21)8-13(14)15(18(23)28)16-19(29)24(20(30)31-16)22-17(27)10-2-5-12(26)6-3-10/h2-8,26H,1H3,(H,22,27)/b16-15-. The minimum absolute atomic E-state index is 0.00788. The number of phenols is 1. The number of benzene rings is 2. The minimum atomic E-state index is -0.679. The number of imide groups is 1. The molecule has 31 heavy (non-hydrogen) atoms.